The van der Waals surface area contributed by atoms with Gasteiger partial charge in [0.2, 0.25) is 0 Å². The van der Waals surface area contributed by atoms with Crippen molar-refractivity contribution in [1.82, 2.24) is 4.98 Å². The molecule has 0 spiro atoms. The Morgan fingerprint density at radius 3 is 1.05 bits per heavy atom. The van der Waals surface area contributed by atoms with Gasteiger partial charge in [-0.2, -0.15) is 0 Å². The Morgan fingerprint density at radius 2 is 0.613 bits per heavy atom. The summed E-state index contributed by atoms with van der Waals surface area (Å²) < 4.78 is 29.7. The van der Waals surface area contributed by atoms with Crippen LogP contribution in [-0.2, 0) is 0 Å². The largest absolute Gasteiger partial charge is 0.264 e. The molecule has 0 unspecified atom stereocenters. The van der Waals surface area contributed by atoms with Crippen LogP contribution in [0.5, 0.6) is 0 Å². The Labute approximate surface area is 487 Å². The van der Waals surface area contributed by atoms with E-state index in [0.717, 1.165) is 0 Å². The average Bonchev–Trinajstić information content (AvgIpc) is 2.27. The molecule has 0 fully saturated rings. The topological polar surface area (TPSA) is 12.9 Å². The molecule has 1 nitrogen and oxygen atoms in total. The molecule has 0 saturated carbocycles. The van der Waals surface area contributed by atoms with Gasteiger partial charge in [0.1, 0.15) is 0 Å². The van der Waals surface area contributed by atoms with E-state index >= 15 is 0 Å². The number of benzene rings is 11. The first-order valence-corrected chi connectivity index (χ1v) is 28.0. The fourth-order valence-electron chi connectivity index (χ4n) is 9.91. The summed E-state index contributed by atoms with van der Waals surface area (Å²) in [6.45, 7) is 37.8. The lowest BCUT2D eigenvalue weighted by Crippen LogP contribution is -1.98. The number of fused-ring (bicyclic) bond motifs is 6. The molecule has 0 aliphatic carbocycles. The van der Waals surface area contributed by atoms with Gasteiger partial charge in [0.15, 0.2) is 0 Å². The molecule has 80 heavy (non-hydrogen) atoms. The number of aromatic nitrogens is 1. The smallest absolute Gasteiger partial charge is 0.0626 e. The minimum atomic E-state index is 0.0634. The summed E-state index contributed by atoms with van der Waals surface area (Å²) in [5.74, 6) is 0. The van der Waals surface area contributed by atoms with E-state index in [1.165, 1.54) is 143 Å². The van der Waals surface area contributed by atoms with E-state index in [0.29, 0.717) is 11.1 Å². The lowest BCUT2D eigenvalue weighted by molar-refractivity contribution is 1.13. The first-order valence-electron chi connectivity index (χ1n) is 30.0. The van der Waals surface area contributed by atoms with Crippen molar-refractivity contribution in [1.29, 1.82) is 0 Å². The second-order valence-electron chi connectivity index (χ2n) is 21.8. The first kappa shape index (κ1) is 55.2. The highest BCUT2D eigenvalue weighted by Gasteiger charge is 2.08. The van der Waals surface area contributed by atoms with Crippen LogP contribution in [0, 0.1) is 125 Å². The Balaban J connectivity index is 0.000000159. The standard InChI is InChI=1S/2C16H14.C12H12.C12H18.2C8H10.C7H9N/c1-11-7-8-12(2)16-10-14-6-4-3-5-13(14)9-15(11)16;1-11-7-8-13-10-12(2)14-5-3-4-6-15(14)16(13)9-11;1-9-7-10(2)12-6-4-3-5-11(12)8-9;1-7-8(2)10(4)12(6)11(5)9(7)3;1-7-3-5-8(2)6-4-7;1-7-5-3-4-6-8(7)2;1-6-3-7(2)5-8-4-6/h2*3-10H,1-2H3;3-8H,1-2H3;1-6H3;2*3-6H,1-2H3;3-5H,1-2H3/i;;;;3D,4D,5D,6D;;. The zero-order valence-corrected chi connectivity index (χ0v) is 51.2. The molecule has 1 heteroatoms. The summed E-state index contributed by atoms with van der Waals surface area (Å²) in [4.78, 5) is 3.98. The molecule has 0 atom stereocenters. The number of nitrogens with zero attached hydrogens (tertiary/aromatic N) is 1. The molecular weight excluding hydrogens is 963 g/mol. The fraction of sp³-hybridized carbons (Fsp3) is 0.228. The van der Waals surface area contributed by atoms with Crippen molar-refractivity contribution in [3.05, 3.63) is 300 Å². The molecule has 0 aliphatic heterocycles. The third-order valence-electron chi connectivity index (χ3n) is 15.4. The van der Waals surface area contributed by atoms with Crippen molar-refractivity contribution in [3.63, 3.8) is 0 Å². The van der Waals surface area contributed by atoms with Crippen molar-refractivity contribution >= 4 is 53.9 Å². The quantitative estimate of drug-likeness (QED) is 0.109. The molecule has 0 saturated heterocycles. The molecule has 11 aromatic carbocycles. The molecule has 408 valence electrons. The first-order chi connectivity index (χ1) is 39.8. The minimum Gasteiger partial charge on any atom is -0.264 e. The number of rotatable bonds is 0. The van der Waals surface area contributed by atoms with Crippen LogP contribution in [0.25, 0.3) is 53.9 Å². The third kappa shape index (κ3) is 16.5. The van der Waals surface area contributed by atoms with Gasteiger partial charge in [-0.1, -0.05) is 198 Å². The van der Waals surface area contributed by atoms with Gasteiger partial charge < -0.3 is 0 Å². The molecule has 0 bridgehead atoms. The monoisotopic (exact) mass is 1050 g/mol. The van der Waals surface area contributed by atoms with E-state index < -0.39 is 0 Å². The predicted octanol–water partition coefficient (Wildman–Crippen LogP) is 22.5. The van der Waals surface area contributed by atoms with E-state index in [1.807, 2.05) is 26.2 Å². The van der Waals surface area contributed by atoms with Crippen molar-refractivity contribution in [2.24, 2.45) is 0 Å². The highest BCUT2D eigenvalue weighted by atomic mass is 14.6. The zero-order chi connectivity index (χ0) is 61.7. The predicted molar refractivity (Wildman–Crippen MR) is 356 cm³/mol. The maximum atomic E-state index is 7.43. The maximum Gasteiger partial charge on any atom is 0.0626 e. The zero-order valence-electron chi connectivity index (χ0n) is 55.2. The van der Waals surface area contributed by atoms with Crippen LogP contribution in [0.4, 0.5) is 0 Å². The summed E-state index contributed by atoms with van der Waals surface area (Å²) in [5, 5.41) is 13.5. The van der Waals surface area contributed by atoms with Gasteiger partial charge in [0.05, 0.1) is 5.48 Å². The lowest BCUT2D eigenvalue weighted by atomic mass is 9.90. The number of hydrogen-bond acceptors (Lipinski definition) is 1. The summed E-state index contributed by atoms with van der Waals surface area (Å²) in [5.41, 5.74) is 22.8. The summed E-state index contributed by atoms with van der Waals surface area (Å²) in [7, 11) is 0. The van der Waals surface area contributed by atoms with Gasteiger partial charge in [-0.15, -0.1) is 0 Å². The van der Waals surface area contributed by atoms with Crippen LogP contribution in [-0.4, -0.2) is 4.98 Å². The van der Waals surface area contributed by atoms with Gasteiger partial charge >= 0.3 is 0 Å². The van der Waals surface area contributed by atoms with Gasteiger partial charge in [0.25, 0.3) is 0 Å². The van der Waals surface area contributed by atoms with Gasteiger partial charge in [0, 0.05) is 12.4 Å². The van der Waals surface area contributed by atoms with Crippen molar-refractivity contribution in [2.75, 3.05) is 0 Å². The van der Waals surface area contributed by atoms with Crippen LogP contribution >= 0.6 is 0 Å². The summed E-state index contributed by atoms with van der Waals surface area (Å²) >= 11 is 0. The van der Waals surface area contributed by atoms with E-state index in [9.17, 15) is 0 Å². The Kier molecular flexibility index (Phi) is 19.8. The van der Waals surface area contributed by atoms with E-state index in [2.05, 4.69) is 266 Å². The summed E-state index contributed by atoms with van der Waals surface area (Å²) in [6.07, 6.45) is 3.71. The summed E-state index contributed by atoms with van der Waals surface area (Å²) in [6, 6.07) is 58.8. The SMILES string of the molecule is Cc1c(C)c(C)c(C)c(C)c1C.Cc1cc(C)c2ccccc2c1.Cc1ccc(C)c2cc3ccccc3cc12.Cc1ccc2cc(C)c3ccccc3c2c1.Cc1ccccc1C.Cc1cncc(C)c1.[2H]c1c([2H])c(C)c([2H])c([2H])c1C. The Bertz CT molecular complexity index is 3900. The van der Waals surface area contributed by atoms with Crippen molar-refractivity contribution in [3.8, 4) is 0 Å². The highest BCUT2D eigenvalue weighted by molar-refractivity contribution is 6.09. The second-order valence-corrected chi connectivity index (χ2v) is 21.8. The molecule has 0 amide bonds. The van der Waals surface area contributed by atoms with E-state index in [-0.39, 0.29) is 24.2 Å². The second kappa shape index (κ2) is 28.7. The van der Waals surface area contributed by atoms with Crippen LogP contribution in [0.2, 0.25) is 0 Å². The number of hydrogen-bond donors (Lipinski definition) is 0. The maximum absolute atomic E-state index is 7.43. The van der Waals surface area contributed by atoms with Crippen LogP contribution in [0.15, 0.2) is 200 Å². The normalized spacial score (nSPS) is 11.1. The average molecular weight is 1050 g/mol. The fourth-order valence-corrected chi connectivity index (χ4v) is 9.91. The molecule has 12 rings (SSSR count). The molecular formula is C79H87N. The van der Waals surface area contributed by atoms with Gasteiger partial charge in [-0.25, -0.2) is 0 Å². The lowest BCUT2D eigenvalue weighted by Gasteiger charge is -2.15. The van der Waals surface area contributed by atoms with Crippen molar-refractivity contribution < 1.29 is 5.48 Å². The van der Waals surface area contributed by atoms with E-state index in [1.54, 1.807) is 13.8 Å². The minimum absolute atomic E-state index is 0.0634. The van der Waals surface area contributed by atoms with Gasteiger partial charge in [-0.3, -0.25) is 4.98 Å². The Morgan fingerprint density at radius 1 is 0.225 bits per heavy atom. The van der Waals surface area contributed by atoms with Crippen LogP contribution < -0.4 is 0 Å². The number of pyridine rings is 1. The molecule has 12 aromatic rings. The molecule has 0 radical (unpaired) electrons. The molecule has 1 heterocycles. The molecule has 0 aliphatic rings. The molecule has 1 aromatic heterocycles. The van der Waals surface area contributed by atoms with Gasteiger partial charge in [-0.05, 0) is 269 Å². The Hall–Kier alpha value is -8.13. The van der Waals surface area contributed by atoms with Crippen LogP contribution in [0.3, 0.4) is 0 Å². The number of aryl methyl sites for hydroxylation is 10. The van der Waals surface area contributed by atoms with Crippen LogP contribution in [0.1, 0.15) is 106 Å². The molecule has 0 N–H and O–H groups in total. The third-order valence-corrected chi connectivity index (χ3v) is 15.4. The highest BCUT2D eigenvalue weighted by Crippen LogP contribution is 2.30. The van der Waals surface area contributed by atoms with Crippen molar-refractivity contribution in [2.45, 2.75) is 125 Å². The van der Waals surface area contributed by atoms with E-state index in [4.69, 9.17) is 5.48 Å².